The van der Waals surface area contributed by atoms with Crippen LogP contribution in [0.5, 0.6) is 0 Å². The second-order valence-corrected chi connectivity index (χ2v) is 11.5. The fourth-order valence-corrected chi connectivity index (χ4v) is 5.37. The van der Waals surface area contributed by atoms with Gasteiger partial charge in [-0.05, 0) is 75.4 Å². The molecule has 3 heterocycles. The number of nitrogens with zero attached hydrogens (tertiary/aromatic N) is 6. The van der Waals surface area contributed by atoms with Gasteiger partial charge in [0.15, 0.2) is 0 Å². The summed E-state index contributed by atoms with van der Waals surface area (Å²) < 4.78 is 19.2. The van der Waals surface area contributed by atoms with Gasteiger partial charge in [0.25, 0.3) is 5.89 Å². The Balaban J connectivity index is 1.30. The molecule has 1 unspecified atom stereocenters. The van der Waals surface area contributed by atoms with Crippen LogP contribution in [-0.4, -0.2) is 81.5 Å². The molecule has 0 bridgehead atoms. The summed E-state index contributed by atoms with van der Waals surface area (Å²) in [5.41, 5.74) is 4.01. The van der Waals surface area contributed by atoms with Crippen LogP contribution in [-0.2, 0) is 17.6 Å². The third kappa shape index (κ3) is 6.01. The van der Waals surface area contributed by atoms with Gasteiger partial charge in [-0.2, -0.15) is 10.2 Å². The molecule has 1 aromatic heterocycles. The second-order valence-electron chi connectivity index (χ2n) is 11.5. The zero-order valence-electron chi connectivity index (χ0n) is 23.4. The van der Waals surface area contributed by atoms with Gasteiger partial charge in [-0.15, -0.1) is 0 Å². The molecule has 2 aromatic carbocycles. The van der Waals surface area contributed by atoms with E-state index in [1.165, 1.54) is 0 Å². The number of hydrogen-bond acceptors (Lipinski definition) is 7. The van der Waals surface area contributed by atoms with E-state index in [-0.39, 0.29) is 24.9 Å². The smallest absolute Gasteiger partial charge is 0.408 e. The number of anilines is 1. The van der Waals surface area contributed by atoms with Crippen molar-refractivity contribution < 1.29 is 23.6 Å². The highest BCUT2D eigenvalue weighted by Crippen LogP contribution is 2.31. The lowest BCUT2D eigenvalue weighted by Gasteiger charge is -2.34. The van der Waals surface area contributed by atoms with Gasteiger partial charge in [0, 0.05) is 42.8 Å². The number of halogens is 1. The lowest BCUT2D eigenvalue weighted by molar-refractivity contribution is -0.133. The van der Waals surface area contributed by atoms with Crippen LogP contribution in [0.3, 0.4) is 0 Å². The second kappa shape index (κ2) is 11.2. The van der Waals surface area contributed by atoms with Crippen LogP contribution in [0.1, 0.15) is 43.9 Å². The summed E-state index contributed by atoms with van der Waals surface area (Å²) in [6.45, 7) is 6.96. The monoisotopic (exact) mass is 560 g/mol. The molecule has 2 amide bonds. The minimum absolute atomic E-state index is 0.186. The van der Waals surface area contributed by atoms with Gasteiger partial charge < -0.3 is 19.4 Å². The fraction of sp³-hybridized carbons (Fsp3) is 0.433. The normalized spacial score (nSPS) is 17.1. The van der Waals surface area contributed by atoms with E-state index in [2.05, 4.69) is 16.2 Å². The lowest BCUT2D eigenvalue weighted by Crippen LogP contribution is -2.51. The van der Waals surface area contributed by atoms with E-state index in [0.717, 1.165) is 21.6 Å². The van der Waals surface area contributed by atoms with Crippen LogP contribution in [0.2, 0.25) is 0 Å². The maximum absolute atomic E-state index is 13.7. The topological polar surface area (TPSA) is 127 Å². The van der Waals surface area contributed by atoms with Crippen LogP contribution >= 0.6 is 0 Å². The Kier molecular flexibility index (Phi) is 7.67. The number of fused-ring (bicyclic) bond motifs is 1. The Labute approximate surface area is 238 Å². The molecule has 0 aliphatic carbocycles. The Morgan fingerprint density at radius 3 is 2.51 bits per heavy atom. The number of rotatable bonds is 5. The van der Waals surface area contributed by atoms with Gasteiger partial charge in [0.05, 0.1) is 11.3 Å². The number of hydrogen-bond donors (Lipinski definition) is 1. The minimum atomic E-state index is -1.12. The van der Waals surface area contributed by atoms with Gasteiger partial charge in [-0.25, -0.2) is 9.18 Å². The van der Waals surface area contributed by atoms with Gasteiger partial charge in [-0.1, -0.05) is 17.3 Å². The molecule has 1 saturated heterocycles. The lowest BCUT2D eigenvalue weighted by atomic mass is 10.00. The molecule has 2 aliphatic rings. The van der Waals surface area contributed by atoms with Crippen molar-refractivity contribution in [2.45, 2.75) is 51.7 Å². The molecule has 10 nitrogen and oxygen atoms in total. The van der Waals surface area contributed by atoms with E-state index in [1.54, 1.807) is 43.9 Å². The summed E-state index contributed by atoms with van der Waals surface area (Å²) in [4.78, 5) is 34.0. The number of nitriles is 1. The Morgan fingerprint density at radius 2 is 1.85 bits per heavy atom. The van der Waals surface area contributed by atoms with Crippen molar-refractivity contribution >= 4 is 17.7 Å². The number of carbonyl (C=O) groups is 2. The molecule has 1 atom stereocenters. The molecule has 1 N–H and O–H groups in total. The van der Waals surface area contributed by atoms with E-state index in [0.29, 0.717) is 61.5 Å². The van der Waals surface area contributed by atoms with Crippen molar-refractivity contribution in [2.75, 3.05) is 37.6 Å². The molecule has 11 heteroatoms. The third-order valence-corrected chi connectivity index (χ3v) is 7.71. The SMILES string of the molecule is CC(C)(C)N(CC(=O)N1CCc2ccc(-c3noc(-c4ccc(N5CCC(F)C5)c(C#N)c4)n3)cc2CC1)C(=O)O. The first-order chi connectivity index (χ1) is 19.5. The number of alkyl halides is 1. The van der Waals surface area contributed by atoms with E-state index in [1.807, 2.05) is 23.1 Å². The number of carboxylic acid groups (broad SMARTS) is 1. The Hall–Kier alpha value is -4.46. The summed E-state index contributed by atoms with van der Waals surface area (Å²) in [5, 5.41) is 23.4. The van der Waals surface area contributed by atoms with Gasteiger partial charge >= 0.3 is 6.09 Å². The maximum Gasteiger partial charge on any atom is 0.408 e. The zero-order valence-corrected chi connectivity index (χ0v) is 23.4. The number of amides is 2. The van der Waals surface area contributed by atoms with Crippen LogP contribution in [0.4, 0.5) is 14.9 Å². The molecule has 2 aliphatic heterocycles. The Morgan fingerprint density at radius 1 is 1.12 bits per heavy atom. The molecule has 0 spiro atoms. The largest absolute Gasteiger partial charge is 0.465 e. The molecule has 3 aromatic rings. The molecule has 0 saturated carbocycles. The molecular weight excluding hydrogens is 527 g/mol. The zero-order chi connectivity index (χ0) is 29.3. The van der Waals surface area contributed by atoms with Gasteiger partial charge in [-0.3, -0.25) is 9.69 Å². The standard InChI is InChI=1S/C30H33FN6O4/c1-30(2,3)37(29(39)40)18-26(38)35-11-8-19-4-5-21(14-20(19)9-12-35)27-33-28(41-34-27)22-6-7-25(23(15-22)16-32)36-13-10-24(31)17-36/h4-7,14-15,24H,8-13,17-18H2,1-3H3,(H,39,40). The first-order valence-corrected chi connectivity index (χ1v) is 13.7. The predicted octanol–water partition coefficient (Wildman–Crippen LogP) is 4.53. The van der Waals surface area contributed by atoms with Crippen LogP contribution < -0.4 is 4.90 Å². The van der Waals surface area contributed by atoms with Crippen LogP contribution in [0.15, 0.2) is 40.9 Å². The third-order valence-electron chi connectivity index (χ3n) is 7.71. The quantitative estimate of drug-likeness (QED) is 0.482. The molecule has 41 heavy (non-hydrogen) atoms. The highest BCUT2D eigenvalue weighted by atomic mass is 19.1. The molecule has 1 fully saturated rings. The van der Waals surface area contributed by atoms with Crippen molar-refractivity contribution in [1.82, 2.24) is 19.9 Å². The van der Waals surface area contributed by atoms with Crippen molar-refractivity contribution in [3.05, 3.63) is 53.1 Å². The number of benzene rings is 2. The van der Waals surface area contributed by atoms with Gasteiger partial charge in [0.1, 0.15) is 18.8 Å². The highest BCUT2D eigenvalue weighted by molar-refractivity contribution is 5.82. The van der Waals surface area contributed by atoms with Crippen molar-refractivity contribution in [2.24, 2.45) is 0 Å². The van der Waals surface area contributed by atoms with Crippen LogP contribution in [0.25, 0.3) is 22.8 Å². The Bertz CT molecular complexity index is 1510. The van der Waals surface area contributed by atoms with Crippen molar-refractivity contribution in [3.63, 3.8) is 0 Å². The average Bonchev–Trinajstić information content (AvgIpc) is 3.55. The summed E-state index contributed by atoms with van der Waals surface area (Å²) in [6, 6.07) is 13.4. The molecule has 5 rings (SSSR count). The van der Waals surface area contributed by atoms with E-state index >= 15 is 0 Å². The van der Waals surface area contributed by atoms with Crippen LogP contribution in [0, 0.1) is 11.3 Å². The first-order valence-electron chi connectivity index (χ1n) is 13.7. The van der Waals surface area contributed by atoms with E-state index in [9.17, 15) is 24.3 Å². The van der Waals surface area contributed by atoms with Crippen molar-refractivity contribution in [1.29, 1.82) is 5.26 Å². The summed E-state index contributed by atoms with van der Waals surface area (Å²) >= 11 is 0. The minimum Gasteiger partial charge on any atom is -0.465 e. The predicted molar refractivity (Wildman–Crippen MR) is 150 cm³/mol. The molecule has 214 valence electrons. The fourth-order valence-electron chi connectivity index (χ4n) is 5.37. The maximum atomic E-state index is 13.7. The van der Waals surface area contributed by atoms with E-state index < -0.39 is 17.8 Å². The highest BCUT2D eigenvalue weighted by Gasteiger charge is 2.30. The average molecular weight is 561 g/mol. The molecule has 0 radical (unpaired) electrons. The molecular formula is C30H33FN6O4. The number of carbonyl (C=O) groups excluding carboxylic acids is 1. The van der Waals surface area contributed by atoms with Gasteiger partial charge in [0.2, 0.25) is 11.7 Å². The van der Waals surface area contributed by atoms with E-state index in [4.69, 9.17) is 4.52 Å². The first kappa shape index (κ1) is 28.1. The summed E-state index contributed by atoms with van der Waals surface area (Å²) in [5.74, 6) is 0.473. The van der Waals surface area contributed by atoms with Crippen molar-refractivity contribution in [3.8, 4) is 28.9 Å². The summed E-state index contributed by atoms with van der Waals surface area (Å²) in [6.07, 6.45) is -0.277. The summed E-state index contributed by atoms with van der Waals surface area (Å²) in [7, 11) is 0. The number of aromatic nitrogens is 2.